The number of hydrogen-bond acceptors (Lipinski definition) is 1. The van der Waals surface area contributed by atoms with Gasteiger partial charge in [-0.05, 0) is 68.7 Å². The fourth-order valence-corrected chi connectivity index (χ4v) is 4.65. The summed E-state index contributed by atoms with van der Waals surface area (Å²) in [6.45, 7) is 16.0. The van der Waals surface area contributed by atoms with Crippen LogP contribution in [0.15, 0.2) is 35.5 Å². The van der Waals surface area contributed by atoms with Crippen molar-refractivity contribution >= 4 is 8.32 Å². The lowest BCUT2D eigenvalue weighted by atomic mass is 9.87. The van der Waals surface area contributed by atoms with Crippen LogP contribution in [0.3, 0.4) is 0 Å². The molecule has 0 bridgehead atoms. The molecular weight excluding hydrogens is 296 g/mol. The highest BCUT2D eigenvalue weighted by Crippen LogP contribution is 2.40. The Hall–Kier alpha value is -0.603. The summed E-state index contributed by atoms with van der Waals surface area (Å²) >= 11 is 0. The second-order valence-electron chi connectivity index (χ2n) is 8.92. The third kappa shape index (κ3) is 5.19. The molecule has 0 aliphatic heterocycles. The van der Waals surface area contributed by atoms with E-state index in [0.717, 1.165) is 19.3 Å². The summed E-state index contributed by atoms with van der Waals surface area (Å²) in [5, 5.41) is 0.287. The van der Waals surface area contributed by atoms with Crippen LogP contribution in [0.25, 0.3) is 0 Å². The first-order valence-corrected chi connectivity index (χ1v) is 12.3. The smallest absolute Gasteiger partial charge is 0.192 e. The first kappa shape index (κ1) is 18.7. The maximum Gasteiger partial charge on any atom is 0.192 e. The van der Waals surface area contributed by atoms with Gasteiger partial charge in [-0.15, -0.1) is 0 Å². The van der Waals surface area contributed by atoms with Gasteiger partial charge in [0.1, 0.15) is 0 Å². The summed E-state index contributed by atoms with van der Waals surface area (Å²) in [6.07, 6.45) is 15.1. The van der Waals surface area contributed by atoms with Crippen LogP contribution in [0.4, 0.5) is 0 Å². The molecule has 0 aromatic rings. The Kier molecular flexibility index (Phi) is 6.13. The number of hydrogen-bond donors (Lipinski definition) is 0. The minimum atomic E-state index is -1.67. The van der Waals surface area contributed by atoms with Gasteiger partial charge in [-0.2, -0.15) is 0 Å². The van der Waals surface area contributed by atoms with Crippen LogP contribution in [0.2, 0.25) is 18.1 Å². The average molecular weight is 333 g/mol. The normalized spacial score (nSPS) is 25.8. The van der Waals surface area contributed by atoms with Gasteiger partial charge >= 0.3 is 0 Å². The molecular formula is C21H36OSi. The van der Waals surface area contributed by atoms with Gasteiger partial charge in [0.05, 0.1) is 0 Å². The molecule has 2 fully saturated rings. The van der Waals surface area contributed by atoms with Gasteiger partial charge in [-0.25, -0.2) is 0 Å². The second-order valence-corrected chi connectivity index (χ2v) is 13.7. The number of allylic oxidation sites excluding steroid dienone is 4. The molecule has 0 saturated heterocycles. The van der Waals surface area contributed by atoms with Crippen LogP contribution in [0.5, 0.6) is 0 Å². The van der Waals surface area contributed by atoms with Crippen molar-refractivity contribution in [2.24, 2.45) is 0 Å². The van der Waals surface area contributed by atoms with Crippen molar-refractivity contribution in [2.45, 2.75) is 96.4 Å². The predicted molar refractivity (Wildman–Crippen MR) is 104 cm³/mol. The summed E-state index contributed by atoms with van der Waals surface area (Å²) in [7, 11) is -1.67. The second kappa shape index (κ2) is 7.52. The molecule has 2 rings (SSSR count). The topological polar surface area (TPSA) is 9.23 Å². The summed E-state index contributed by atoms with van der Waals surface area (Å²) in [5.74, 6) is 0. The van der Waals surface area contributed by atoms with E-state index in [1.54, 1.807) is 5.57 Å². The van der Waals surface area contributed by atoms with Gasteiger partial charge in [-0.3, -0.25) is 0 Å². The zero-order valence-electron chi connectivity index (χ0n) is 16.0. The Bertz CT molecular complexity index is 482. The molecule has 2 aliphatic carbocycles. The molecule has 0 aromatic carbocycles. The van der Waals surface area contributed by atoms with Crippen molar-refractivity contribution in [3.05, 3.63) is 35.5 Å². The average Bonchev–Trinajstić information content (AvgIpc) is 2.47. The molecule has 23 heavy (non-hydrogen) atoms. The minimum Gasteiger partial charge on any atom is -0.414 e. The van der Waals surface area contributed by atoms with Gasteiger partial charge < -0.3 is 4.43 Å². The molecule has 2 aliphatic rings. The van der Waals surface area contributed by atoms with E-state index in [1.165, 1.54) is 43.3 Å². The molecule has 0 N–H and O–H groups in total. The van der Waals surface area contributed by atoms with Gasteiger partial charge in [0.2, 0.25) is 0 Å². The van der Waals surface area contributed by atoms with Crippen LogP contribution >= 0.6 is 0 Å². The molecule has 1 atom stereocenters. The van der Waals surface area contributed by atoms with E-state index in [2.05, 4.69) is 52.6 Å². The van der Waals surface area contributed by atoms with E-state index < -0.39 is 8.32 Å². The lowest BCUT2D eigenvalue weighted by molar-refractivity contribution is 0.164. The highest BCUT2D eigenvalue weighted by atomic mass is 28.4. The summed E-state index contributed by atoms with van der Waals surface area (Å²) < 4.78 is 6.65. The lowest BCUT2D eigenvalue weighted by Crippen LogP contribution is -2.44. The third-order valence-corrected chi connectivity index (χ3v) is 10.5. The molecule has 0 aromatic heterocycles. The fraction of sp³-hybridized carbons (Fsp3) is 0.714. The van der Waals surface area contributed by atoms with Crippen LogP contribution in [-0.4, -0.2) is 14.4 Å². The van der Waals surface area contributed by atoms with Gasteiger partial charge in [0.25, 0.3) is 0 Å². The summed E-state index contributed by atoms with van der Waals surface area (Å²) in [4.78, 5) is 0. The van der Waals surface area contributed by atoms with E-state index in [9.17, 15) is 0 Å². The van der Waals surface area contributed by atoms with E-state index in [-0.39, 0.29) is 5.04 Å². The summed E-state index contributed by atoms with van der Waals surface area (Å²) in [6, 6.07) is 0. The zero-order valence-corrected chi connectivity index (χ0v) is 17.0. The fourth-order valence-electron chi connectivity index (χ4n) is 3.26. The Morgan fingerprint density at radius 3 is 2.30 bits per heavy atom. The quantitative estimate of drug-likeness (QED) is 0.509. The van der Waals surface area contributed by atoms with Crippen LogP contribution in [-0.2, 0) is 4.43 Å². The van der Waals surface area contributed by atoms with Gasteiger partial charge in [0.15, 0.2) is 8.32 Å². The molecule has 1 unspecified atom stereocenters. The zero-order chi connectivity index (χ0) is 17.1. The first-order chi connectivity index (χ1) is 10.7. The predicted octanol–water partition coefficient (Wildman–Crippen LogP) is 6.93. The molecule has 0 spiro atoms. The Morgan fingerprint density at radius 1 is 1.04 bits per heavy atom. The van der Waals surface area contributed by atoms with Crippen molar-refractivity contribution in [3.63, 3.8) is 0 Å². The maximum atomic E-state index is 6.65. The van der Waals surface area contributed by atoms with E-state index >= 15 is 0 Å². The maximum absolute atomic E-state index is 6.65. The highest BCUT2D eigenvalue weighted by Gasteiger charge is 2.39. The first-order valence-electron chi connectivity index (χ1n) is 9.43. The molecule has 0 amide bonds. The van der Waals surface area contributed by atoms with Gasteiger partial charge in [-0.1, -0.05) is 57.1 Å². The van der Waals surface area contributed by atoms with Crippen LogP contribution in [0, 0.1) is 0 Å². The Morgan fingerprint density at radius 2 is 1.70 bits per heavy atom. The van der Waals surface area contributed by atoms with E-state index in [0.29, 0.717) is 6.10 Å². The van der Waals surface area contributed by atoms with Crippen molar-refractivity contribution in [3.8, 4) is 0 Å². The Balaban J connectivity index is 2.03. The largest absolute Gasteiger partial charge is 0.414 e. The van der Waals surface area contributed by atoms with Crippen molar-refractivity contribution in [1.29, 1.82) is 0 Å². The molecule has 130 valence electrons. The third-order valence-electron chi connectivity index (χ3n) is 5.95. The lowest BCUT2D eigenvalue weighted by Gasteiger charge is -2.41. The van der Waals surface area contributed by atoms with E-state index in [4.69, 9.17) is 4.43 Å². The van der Waals surface area contributed by atoms with Crippen LogP contribution < -0.4 is 0 Å². The van der Waals surface area contributed by atoms with Gasteiger partial charge in [0, 0.05) is 6.10 Å². The van der Waals surface area contributed by atoms with Crippen molar-refractivity contribution in [1.82, 2.24) is 0 Å². The molecule has 2 heteroatoms. The minimum absolute atomic E-state index is 0.287. The van der Waals surface area contributed by atoms with Crippen molar-refractivity contribution < 1.29 is 4.43 Å². The highest BCUT2D eigenvalue weighted by molar-refractivity contribution is 6.74. The molecule has 2 saturated carbocycles. The Labute approximate surface area is 145 Å². The standard InChI is InChI=1S/C21H36OSi/c1-17-12-15-20(22-23(5,6)21(2,3)4)16-19(17)14-13-18-10-8-7-9-11-18/h13-14,20H,1,7-12,15-16H2,2-6H3/b19-14+. The SMILES string of the molecule is C=C1CCC(O[Si](C)(C)C(C)(C)C)C/C1=C\C=C1CCCCC1. The number of rotatable bonds is 3. The summed E-state index contributed by atoms with van der Waals surface area (Å²) in [5.41, 5.74) is 4.38. The molecule has 0 radical (unpaired) electrons. The van der Waals surface area contributed by atoms with E-state index in [1.807, 2.05) is 0 Å². The van der Waals surface area contributed by atoms with Crippen molar-refractivity contribution in [2.75, 3.05) is 0 Å². The molecule has 1 nitrogen and oxygen atoms in total. The monoisotopic (exact) mass is 332 g/mol. The molecule has 0 heterocycles. The van der Waals surface area contributed by atoms with Crippen LogP contribution in [0.1, 0.15) is 72.1 Å².